The fourth-order valence-electron chi connectivity index (χ4n) is 2.30. The molecular formula is C10H17F2NO. The van der Waals surface area contributed by atoms with Crippen LogP contribution in [0.25, 0.3) is 0 Å². The molecule has 2 rings (SSSR count). The van der Waals surface area contributed by atoms with Crippen molar-refractivity contribution in [2.24, 2.45) is 0 Å². The lowest BCUT2D eigenvalue weighted by atomic mass is 9.87. The molecule has 1 spiro atoms. The van der Waals surface area contributed by atoms with Crippen LogP contribution in [0.15, 0.2) is 0 Å². The molecule has 1 aliphatic carbocycles. The van der Waals surface area contributed by atoms with Crippen molar-refractivity contribution in [2.75, 3.05) is 6.61 Å². The summed E-state index contributed by atoms with van der Waals surface area (Å²) < 4.78 is 31.5. The van der Waals surface area contributed by atoms with Crippen molar-refractivity contribution < 1.29 is 13.5 Å². The Morgan fingerprint density at radius 3 is 2.43 bits per heavy atom. The van der Waals surface area contributed by atoms with Crippen molar-refractivity contribution >= 4 is 0 Å². The first-order chi connectivity index (χ1) is 6.52. The Labute approximate surface area is 83.0 Å². The van der Waals surface area contributed by atoms with Gasteiger partial charge >= 0.3 is 0 Å². The molecule has 1 N–H and O–H groups in total. The number of halogens is 2. The lowest BCUT2D eigenvalue weighted by molar-refractivity contribution is -0.169. The van der Waals surface area contributed by atoms with Crippen molar-refractivity contribution in [3.8, 4) is 0 Å². The SMILES string of the molecule is CC1CCOC2(CCC(F)(F)CC2)N1. The molecule has 1 saturated carbocycles. The molecule has 0 bridgehead atoms. The van der Waals surface area contributed by atoms with Gasteiger partial charge in [-0.15, -0.1) is 0 Å². The van der Waals surface area contributed by atoms with Crippen LogP contribution in [0.2, 0.25) is 0 Å². The molecule has 0 amide bonds. The van der Waals surface area contributed by atoms with E-state index in [4.69, 9.17) is 4.74 Å². The average Bonchev–Trinajstić information content (AvgIpc) is 2.12. The summed E-state index contributed by atoms with van der Waals surface area (Å²) in [5.74, 6) is -2.48. The Morgan fingerprint density at radius 1 is 1.21 bits per heavy atom. The van der Waals surface area contributed by atoms with Crippen LogP contribution in [0.1, 0.15) is 39.0 Å². The number of hydrogen-bond acceptors (Lipinski definition) is 2. The third kappa shape index (κ3) is 2.06. The van der Waals surface area contributed by atoms with E-state index in [-0.39, 0.29) is 12.8 Å². The molecule has 1 atom stereocenters. The third-order valence-electron chi connectivity index (χ3n) is 3.23. The van der Waals surface area contributed by atoms with Gasteiger partial charge in [-0.3, -0.25) is 5.32 Å². The molecule has 0 radical (unpaired) electrons. The minimum absolute atomic E-state index is 0.0489. The molecule has 14 heavy (non-hydrogen) atoms. The van der Waals surface area contributed by atoms with Gasteiger partial charge in [0.25, 0.3) is 0 Å². The Hall–Kier alpha value is -0.220. The summed E-state index contributed by atoms with van der Waals surface area (Å²) in [5.41, 5.74) is -0.445. The van der Waals surface area contributed by atoms with Crippen molar-refractivity contribution in [2.45, 2.75) is 56.7 Å². The summed E-state index contributed by atoms with van der Waals surface area (Å²) in [5, 5.41) is 3.31. The van der Waals surface area contributed by atoms with Crippen LogP contribution < -0.4 is 5.32 Å². The maximum absolute atomic E-state index is 13.0. The van der Waals surface area contributed by atoms with Gasteiger partial charge in [-0.05, 0) is 26.2 Å². The van der Waals surface area contributed by atoms with Crippen LogP contribution in [0.5, 0.6) is 0 Å². The first-order valence-electron chi connectivity index (χ1n) is 5.31. The molecular weight excluding hydrogens is 188 g/mol. The zero-order valence-corrected chi connectivity index (χ0v) is 8.48. The minimum Gasteiger partial charge on any atom is -0.361 e. The molecule has 2 aliphatic rings. The monoisotopic (exact) mass is 205 g/mol. The maximum atomic E-state index is 13.0. The van der Waals surface area contributed by atoms with E-state index in [1.165, 1.54) is 0 Å². The summed E-state index contributed by atoms with van der Waals surface area (Å²) in [6.45, 7) is 2.77. The quantitative estimate of drug-likeness (QED) is 0.655. The second-order valence-electron chi connectivity index (χ2n) is 4.53. The van der Waals surface area contributed by atoms with Crippen molar-refractivity contribution in [1.29, 1.82) is 0 Å². The van der Waals surface area contributed by atoms with Crippen molar-refractivity contribution in [3.63, 3.8) is 0 Å². The molecule has 4 heteroatoms. The number of nitrogens with one attached hydrogen (secondary N) is 1. The van der Waals surface area contributed by atoms with Gasteiger partial charge in [0.05, 0.1) is 6.61 Å². The van der Waals surface area contributed by atoms with Crippen LogP contribution in [0.4, 0.5) is 8.78 Å². The molecule has 2 nitrogen and oxygen atoms in total. The number of hydrogen-bond donors (Lipinski definition) is 1. The predicted octanol–water partition coefficient (Wildman–Crippen LogP) is 2.29. The Morgan fingerprint density at radius 2 is 1.86 bits per heavy atom. The van der Waals surface area contributed by atoms with Crippen LogP contribution >= 0.6 is 0 Å². The fraction of sp³-hybridized carbons (Fsp3) is 1.00. The van der Waals surface area contributed by atoms with E-state index in [1.54, 1.807) is 0 Å². The van der Waals surface area contributed by atoms with Gasteiger partial charge in [0, 0.05) is 18.9 Å². The highest BCUT2D eigenvalue weighted by Crippen LogP contribution is 2.40. The second kappa shape index (κ2) is 3.42. The van der Waals surface area contributed by atoms with Crippen LogP contribution in [0, 0.1) is 0 Å². The summed E-state index contributed by atoms with van der Waals surface area (Å²) in [7, 11) is 0. The minimum atomic E-state index is -2.48. The molecule has 2 fully saturated rings. The smallest absolute Gasteiger partial charge is 0.248 e. The van der Waals surface area contributed by atoms with Crippen LogP contribution in [-0.2, 0) is 4.74 Å². The fourth-order valence-corrected chi connectivity index (χ4v) is 2.30. The standard InChI is InChI=1S/C10H17F2NO/c1-8-2-7-14-10(13-8)5-3-9(11,12)4-6-10/h8,13H,2-7H2,1H3. The third-order valence-corrected chi connectivity index (χ3v) is 3.23. The highest BCUT2D eigenvalue weighted by Gasteiger charge is 2.45. The van der Waals surface area contributed by atoms with Crippen LogP contribution in [-0.4, -0.2) is 24.3 Å². The van der Waals surface area contributed by atoms with E-state index in [2.05, 4.69) is 12.2 Å². The first-order valence-corrected chi connectivity index (χ1v) is 5.31. The first kappa shape index (κ1) is 10.3. The van der Waals surface area contributed by atoms with Gasteiger partial charge in [-0.1, -0.05) is 0 Å². The van der Waals surface area contributed by atoms with E-state index in [9.17, 15) is 8.78 Å². The van der Waals surface area contributed by atoms with Gasteiger partial charge in [-0.2, -0.15) is 0 Å². The Bertz CT molecular complexity index is 210. The largest absolute Gasteiger partial charge is 0.361 e. The molecule has 0 aromatic carbocycles. The topological polar surface area (TPSA) is 21.3 Å². The summed E-state index contributed by atoms with van der Waals surface area (Å²) >= 11 is 0. The molecule has 1 heterocycles. The normalized spacial score (nSPS) is 35.8. The average molecular weight is 205 g/mol. The van der Waals surface area contributed by atoms with Gasteiger partial charge in [-0.25, -0.2) is 8.78 Å². The zero-order valence-electron chi connectivity index (χ0n) is 8.48. The van der Waals surface area contributed by atoms with E-state index >= 15 is 0 Å². The van der Waals surface area contributed by atoms with Crippen molar-refractivity contribution in [3.05, 3.63) is 0 Å². The summed E-state index contributed by atoms with van der Waals surface area (Å²) in [6.07, 6.45) is 1.74. The van der Waals surface area contributed by atoms with E-state index in [0.717, 1.165) is 6.42 Å². The van der Waals surface area contributed by atoms with Gasteiger partial charge in [0.15, 0.2) is 0 Å². The molecule has 0 aromatic rings. The molecule has 1 saturated heterocycles. The van der Waals surface area contributed by atoms with E-state index in [0.29, 0.717) is 25.5 Å². The number of alkyl halides is 2. The molecule has 82 valence electrons. The second-order valence-corrected chi connectivity index (χ2v) is 4.53. The van der Waals surface area contributed by atoms with Gasteiger partial charge < -0.3 is 4.74 Å². The maximum Gasteiger partial charge on any atom is 0.248 e. The lowest BCUT2D eigenvalue weighted by Crippen LogP contribution is -2.58. The van der Waals surface area contributed by atoms with E-state index in [1.807, 2.05) is 0 Å². The van der Waals surface area contributed by atoms with Crippen LogP contribution in [0.3, 0.4) is 0 Å². The van der Waals surface area contributed by atoms with E-state index < -0.39 is 11.6 Å². The number of ether oxygens (including phenoxy) is 1. The van der Waals surface area contributed by atoms with Gasteiger partial charge in [0.2, 0.25) is 5.92 Å². The van der Waals surface area contributed by atoms with Gasteiger partial charge in [0.1, 0.15) is 5.72 Å². The van der Waals surface area contributed by atoms with Crippen molar-refractivity contribution in [1.82, 2.24) is 5.32 Å². The Kier molecular flexibility index (Phi) is 2.52. The lowest BCUT2D eigenvalue weighted by Gasteiger charge is -2.45. The molecule has 0 aromatic heterocycles. The Balaban J connectivity index is 1.98. The molecule has 1 unspecified atom stereocenters. The summed E-state index contributed by atoms with van der Waals surface area (Å²) in [4.78, 5) is 0. The highest BCUT2D eigenvalue weighted by molar-refractivity contribution is 4.92. The summed E-state index contributed by atoms with van der Waals surface area (Å²) in [6, 6.07) is 0.385. The predicted molar refractivity (Wildman–Crippen MR) is 49.3 cm³/mol. The zero-order chi connectivity index (χ0) is 10.2. The highest BCUT2D eigenvalue weighted by atomic mass is 19.3. The molecule has 1 aliphatic heterocycles. The number of rotatable bonds is 0.